The molecule has 4 aromatic carbocycles. The van der Waals surface area contributed by atoms with Crippen molar-refractivity contribution in [3.63, 3.8) is 0 Å². The van der Waals surface area contributed by atoms with E-state index < -0.39 is 5.24 Å². The molecule has 2 spiro atoms. The highest BCUT2D eigenvalue weighted by molar-refractivity contribution is 6.66. The first-order chi connectivity index (χ1) is 31.4. The molecule has 4 aliphatic heterocycles. The number of carbonyl (C=O) groups is 2. The van der Waals surface area contributed by atoms with E-state index in [1.54, 1.807) is 14.2 Å². The SMILES string of the molecule is C=CC(=O)Cl.[C-]#[N+]c1c(-c2c(C)ccc3[nH]ncc23)cc(OC)cc1N1CCC2(CN(C(=O)C=C)C2)C1.[C-]#[N+]c1c(-c2c(C)ccc3[nH]ncc23)cc(OC)cc1N1CCC2(CNC2)C1. The molecule has 4 fully saturated rings. The molecule has 65 heavy (non-hydrogen) atoms. The van der Waals surface area contributed by atoms with Crippen LogP contribution in [-0.4, -0.2) is 103 Å². The number of fused-ring (bicyclic) bond motifs is 2. The number of amides is 1. The number of hydrogen-bond donors (Lipinski definition) is 3. The fourth-order valence-electron chi connectivity index (χ4n) is 9.84. The highest BCUT2D eigenvalue weighted by Crippen LogP contribution is 2.50. The molecule has 0 aliphatic carbocycles. The van der Waals surface area contributed by atoms with E-state index in [1.807, 2.05) is 59.8 Å². The number of likely N-dealkylation sites (tertiary alicyclic amines) is 1. The van der Waals surface area contributed by atoms with E-state index in [0.29, 0.717) is 16.8 Å². The summed E-state index contributed by atoms with van der Waals surface area (Å²) in [6.07, 6.45) is 8.24. The summed E-state index contributed by atoms with van der Waals surface area (Å²) in [5.41, 5.74) is 11.6. The van der Waals surface area contributed by atoms with Gasteiger partial charge in [0.05, 0.1) is 50.8 Å². The number of rotatable bonds is 8. The van der Waals surface area contributed by atoms with Crippen molar-refractivity contribution in [3.8, 4) is 33.8 Å². The summed E-state index contributed by atoms with van der Waals surface area (Å²) in [5, 5.41) is 19.4. The van der Waals surface area contributed by atoms with Crippen LogP contribution in [0.1, 0.15) is 24.0 Å². The average molecular weight is 891 g/mol. The van der Waals surface area contributed by atoms with Gasteiger partial charge in [0.1, 0.15) is 11.5 Å². The first-order valence-electron chi connectivity index (χ1n) is 21.4. The normalized spacial score (nSPS) is 16.4. The van der Waals surface area contributed by atoms with E-state index in [0.717, 1.165) is 143 Å². The van der Waals surface area contributed by atoms with Crippen LogP contribution in [0.3, 0.4) is 0 Å². The van der Waals surface area contributed by atoms with Crippen molar-refractivity contribution in [3.05, 3.63) is 120 Å². The Morgan fingerprint density at radius 3 is 1.58 bits per heavy atom. The van der Waals surface area contributed by atoms with Gasteiger partial charge in [0.2, 0.25) is 22.5 Å². The Hall–Kier alpha value is -7.13. The lowest BCUT2D eigenvalue weighted by atomic mass is 9.79. The number of methoxy groups -OCH3 is 2. The van der Waals surface area contributed by atoms with Crippen LogP contribution in [0.2, 0.25) is 0 Å². The number of halogens is 1. The first-order valence-corrected chi connectivity index (χ1v) is 21.8. The van der Waals surface area contributed by atoms with Crippen molar-refractivity contribution in [2.45, 2.75) is 26.7 Å². The average Bonchev–Trinajstić information content (AvgIpc) is 4.14. The van der Waals surface area contributed by atoms with Gasteiger partial charge in [-0.15, -0.1) is 0 Å². The van der Waals surface area contributed by atoms with Crippen LogP contribution in [0.15, 0.2) is 86.2 Å². The maximum Gasteiger partial charge on any atom is 0.245 e. The number of ether oxygens (including phenoxy) is 2. The summed E-state index contributed by atoms with van der Waals surface area (Å²) >= 11 is 4.71. The molecular formula is C50H51ClN10O4. The Morgan fingerprint density at radius 1 is 0.738 bits per heavy atom. The molecule has 6 heterocycles. The van der Waals surface area contributed by atoms with Gasteiger partial charge in [0.25, 0.3) is 0 Å². The zero-order chi connectivity index (χ0) is 46.0. The third-order valence-corrected chi connectivity index (χ3v) is 13.4. The lowest BCUT2D eigenvalue weighted by Gasteiger charge is -2.47. The fraction of sp³-hybridized carbons (Fsp3) is 0.320. The van der Waals surface area contributed by atoms with Crippen molar-refractivity contribution in [1.29, 1.82) is 0 Å². The molecule has 0 atom stereocenters. The summed E-state index contributed by atoms with van der Waals surface area (Å²) in [6.45, 7) is 34.1. The number of H-pyrrole nitrogens is 2. The van der Waals surface area contributed by atoms with Gasteiger partial charge in [-0.1, -0.05) is 25.3 Å². The van der Waals surface area contributed by atoms with E-state index in [-0.39, 0.29) is 11.3 Å². The van der Waals surface area contributed by atoms with Crippen LogP contribution in [0, 0.1) is 37.8 Å². The van der Waals surface area contributed by atoms with E-state index in [9.17, 15) is 9.59 Å². The molecule has 0 saturated carbocycles. The second kappa shape index (κ2) is 18.2. The number of nitrogens with one attached hydrogen (secondary N) is 3. The van der Waals surface area contributed by atoms with Gasteiger partial charge in [0.15, 0.2) is 0 Å². The molecule has 2 aromatic heterocycles. The Bertz CT molecular complexity index is 2930. The topological polar surface area (TPSA) is 140 Å². The lowest BCUT2D eigenvalue weighted by molar-refractivity contribution is -0.136. The molecule has 1 amide bonds. The third kappa shape index (κ3) is 8.39. The third-order valence-electron chi connectivity index (χ3n) is 13.3. The number of aromatic amines is 2. The van der Waals surface area contributed by atoms with Gasteiger partial charge in [-0.3, -0.25) is 19.8 Å². The second-order valence-electron chi connectivity index (χ2n) is 17.3. The monoisotopic (exact) mass is 890 g/mol. The van der Waals surface area contributed by atoms with Crippen LogP contribution >= 0.6 is 11.6 Å². The molecule has 0 unspecified atom stereocenters. The minimum Gasteiger partial charge on any atom is -0.497 e. The number of carbonyl (C=O) groups excluding carboxylic acids is 2. The Balaban J connectivity index is 0.000000162. The molecule has 4 saturated heterocycles. The van der Waals surface area contributed by atoms with Crippen molar-refractivity contribution < 1.29 is 19.1 Å². The summed E-state index contributed by atoms with van der Waals surface area (Å²) in [7, 11) is 3.34. The van der Waals surface area contributed by atoms with Crippen LogP contribution in [0.4, 0.5) is 22.7 Å². The predicted octanol–water partition coefficient (Wildman–Crippen LogP) is 9.16. The number of benzene rings is 4. The van der Waals surface area contributed by atoms with Gasteiger partial charge < -0.3 is 29.5 Å². The molecule has 332 valence electrons. The number of aryl methyl sites for hydroxylation is 2. The molecule has 3 N–H and O–H groups in total. The van der Waals surface area contributed by atoms with E-state index >= 15 is 0 Å². The fourth-order valence-corrected chi connectivity index (χ4v) is 9.84. The number of nitrogens with zero attached hydrogens (tertiary/aromatic N) is 7. The summed E-state index contributed by atoms with van der Waals surface area (Å²) in [5.74, 6) is 1.49. The lowest BCUT2D eigenvalue weighted by Crippen LogP contribution is -2.59. The Morgan fingerprint density at radius 2 is 1.20 bits per heavy atom. The van der Waals surface area contributed by atoms with Crippen LogP contribution in [-0.2, 0) is 9.59 Å². The molecule has 15 heteroatoms. The van der Waals surface area contributed by atoms with E-state index in [4.69, 9.17) is 34.2 Å². The number of hydrogen-bond acceptors (Lipinski definition) is 9. The van der Waals surface area contributed by atoms with Crippen LogP contribution < -0.4 is 24.6 Å². The van der Waals surface area contributed by atoms with Gasteiger partial charge in [-0.05, 0) is 120 Å². The first kappa shape index (κ1) is 44.5. The predicted molar refractivity (Wildman–Crippen MR) is 257 cm³/mol. The van der Waals surface area contributed by atoms with Crippen molar-refractivity contribution in [2.24, 2.45) is 10.8 Å². The minimum absolute atomic E-state index is 0.0109. The van der Waals surface area contributed by atoms with Gasteiger partial charge in [-0.25, -0.2) is 9.69 Å². The number of allylic oxidation sites excluding steroid dienone is 1. The number of anilines is 2. The van der Waals surface area contributed by atoms with E-state index in [1.165, 1.54) is 12.5 Å². The minimum atomic E-state index is -0.509. The number of aromatic nitrogens is 4. The molecule has 4 aliphatic rings. The van der Waals surface area contributed by atoms with Crippen LogP contribution in [0.5, 0.6) is 11.5 Å². The standard InChI is InChI=1S/C25H25N5O2.C22H23N5O.C3H3ClO/c1-5-22(31)30-14-25(15-30)8-9-29(13-25)21-11-17(32-4)10-18(24(21)26-3)23-16(2)6-7-20-19(23)12-27-28-20;1-14-4-5-18-17(10-25-26-18)20(14)16-8-15(28-3)9-19(21(16)23-2)27-7-6-22(13-27)11-24-12-22;1-2-3(4)5/h5-7,10-12H,1,8-9,13-15H2,2,4H3,(H,27,28);4-5,8-10,24H,6-7,11-13H2,1,3H3,(H,25,26);2H,1H2. The molecule has 14 nitrogen and oxygen atoms in total. The zero-order valence-electron chi connectivity index (χ0n) is 37.1. The van der Waals surface area contributed by atoms with Crippen molar-refractivity contribution in [2.75, 3.05) is 76.4 Å². The smallest absolute Gasteiger partial charge is 0.245 e. The van der Waals surface area contributed by atoms with Crippen LogP contribution in [0.25, 0.3) is 53.7 Å². The maximum absolute atomic E-state index is 11.9. The van der Waals surface area contributed by atoms with Gasteiger partial charge in [0, 0.05) is 85.3 Å². The molecular weight excluding hydrogens is 840 g/mol. The zero-order valence-corrected chi connectivity index (χ0v) is 37.8. The largest absolute Gasteiger partial charge is 0.497 e. The van der Waals surface area contributed by atoms with Crippen molar-refractivity contribution >= 4 is 67.3 Å². The molecule has 0 bridgehead atoms. The highest BCUT2D eigenvalue weighted by atomic mass is 35.5. The molecule has 6 aromatic rings. The quantitative estimate of drug-likeness (QED) is 0.0776. The van der Waals surface area contributed by atoms with Crippen molar-refractivity contribution in [1.82, 2.24) is 30.6 Å². The van der Waals surface area contributed by atoms with Gasteiger partial charge >= 0.3 is 0 Å². The highest BCUT2D eigenvalue weighted by Gasteiger charge is 2.49. The van der Waals surface area contributed by atoms with E-state index in [2.05, 4.69) is 78.3 Å². The molecule has 0 radical (unpaired) electrons. The maximum atomic E-state index is 11.9. The van der Waals surface area contributed by atoms with Gasteiger partial charge in [-0.2, -0.15) is 10.2 Å². The Labute approximate surface area is 383 Å². The summed E-state index contributed by atoms with van der Waals surface area (Å²) in [6, 6.07) is 16.1. The second-order valence-corrected chi connectivity index (χ2v) is 17.7. The molecule has 10 rings (SSSR count). The Kier molecular flexibility index (Phi) is 12.4. The summed E-state index contributed by atoms with van der Waals surface area (Å²) in [4.78, 5) is 35.9. The summed E-state index contributed by atoms with van der Waals surface area (Å²) < 4.78 is 11.3.